The van der Waals surface area contributed by atoms with Crippen molar-refractivity contribution in [2.75, 3.05) is 26.1 Å². The first-order chi connectivity index (χ1) is 7.69. The predicted octanol–water partition coefficient (Wildman–Crippen LogP) is 0.635. The lowest BCUT2D eigenvalue weighted by Gasteiger charge is -2.07. The zero-order chi connectivity index (χ0) is 12.0. The molecule has 0 radical (unpaired) electrons. The van der Waals surface area contributed by atoms with Crippen LogP contribution in [0.4, 0.5) is 10.7 Å². The van der Waals surface area contributed by atoms with Crippen molar-refractivity contribution in [1.29, 1.82) is 0 Å². The standard InChI is InChI=1S/C9H14N4O3/c1-4-10-9(14)13-8-11-6(15-2)5-7(12-8)16-3/h5H,4H2,1-3H3,(H2,10,11,12,13,14). The summed E-state index contributed by atoms with van der Waals surface area (Å²) in [5.74, 6) is 0.763. The van der Waals surface area contributed by atoms with Gasteiger partial charge in [-0.25, -0.2) is 4.79 Å². The van der Waals surface area contributed by atoms with E-state index in [0.29, 0.717) is 18.3 Å². The van der Waals surface area contributed by atoms with Gasteiger partial charge in [0.1, 0.15) is 0 Å². The summed E-state index contributed by atoms with van der Waals surface area (Å²) >= 11 is 0. The molecule has 0 aliphatic heterocycles. The van der Waals surface area contributed by atoms with Gasteiger partial charge in [0.2, 0.25) is 17.7 Å². The van der Waals surface area contributed by atoms with Crippen molar-refractivity contribution in [3.05, 3.63) is 6.07 Å². The summed E-state index contributed by atoms with van der Waals surface area (Å²) in [5.41, 5.74) is 0. The highest BCUT2D eigenvalue weighted by molar-refractivity contribution is 5.87. The van der Waals surface area contributed by atoms with Crippen LogP contribution < -0.4 is 20.1 Å². The summed E-state index contributed by atoms with van der Waals surface area (Å²) < 4.78 is 9.87. The van der Waals surface area contributed by atoms with E-state index >= 15 is 0 Å². The van der Waals surface area contributed by atoms with E-state index in [0.717, 1.165) is 0 Å². The van der Waals surface area contributed by atoms with Crippen LogP contribution in [0.2, 0.25) is 0 Å². The number of carbonyl (C=O) groups excluding carboxylic acids is 1. The van der Waals surface area contributed by atoms with Crippen LogP contribution in [0, 0.1) is 0 Å². The van der Waals surface area contributed by atoms with Gasteiger partial charge in [-0.15, -0.1) is 0 Å². The Morgan fingerprint density at radius 2 is 1.88 bits per heavy atom. The number of anilines is 1. The number of aromatic nitrogens is 2. The van der Waals surface area contributed by atoms with E-state index in [9.17, 15) is 4.79 Å². The molecule has 0 bridgehead atoms. The zero-order valence-electron chi connectivity index (χ0n) is 9.40. The quantitative estimate of drug-likeness (QED) is 0.786. The van der Waals surface area contributed by atoms with E-state index in [4.69, 9.17) is 9.47 Å². The maximum absolute atomic E-state index is 11.2. The molecule has 0 aliphatic rings. The van der Waals surface area contributed by atoms with E-state index < -0.39 is 0 Å². The third-order valence-corrected chi connectivity index (χ3v) is 1.66. The minimum Gasteiger partial charge on any atom is -0.481 e. The third kappa shape index (κ3) is 3.26. The first kappa shape index (κ1) is 12.0. The fourth-order valence-corrected chi connectivity index (χ4v) is 0.975. The minimum absolute atomic E-state index is 0.127. The predicted molar refractivity (Wildman–Crippen MR) is 57.8 cm³/mol. The van der Waals surface area contributed by atoms with Crippen LogP contribution in [0.3, 0.4) is 0 Å². The monoisotopic (exact) mass is 226 g/mol. The van der Waals surface area contributed by atoms with Gasteiger partial charge in [-0.05, 0) is 6.92 Å². The highest BCUT2D eigenvalue weighted by Crippen LogP contribution is 2.16. The minimum atomic E-state index is -0.377. The van der Waals surface area contributed by atoms with Crippen molar-refractivity contribution in [2.45, 2.75) is 6.92 Å². The van der Waals surface area contributed by atoms with Crippen molar-refractivity contribution in [3.63, 3.8) is 0 Å². The van der Waals surface area contributed by atoms with Crippen LogP contribution in [0.25, 0.3) is 0 Å². The Morgan fingerprint density at radius 1 is 1.31 bits per heavy atom. The molecule has 0 spiro atoms. The fourth-order valence-electron chi connectivity index (χ4n) is 0.975. The molecule has 88 valence electrons. The molecule has 1 aromatic heterocycles. The van der Waals surface area contributed by atoms with Gasteiger partial charge in [-0.3, -0.25) is 5.32 Å². The van der Waals surface area contributed by atoms with E-state index in [-0.39, 0.29) is 12.0 Å². The molecule has 7 heteroatoms. The van der Waals surface area contributed by atoms with Crippen molar-refractivity contribution >= 4 is 12.0 Å². The Balaban J connectivity index is 2.82. The molecular weight excluding hydrogens is 212 g/mol. The molecule has 1 rings (SSSR count). The second-order valence-corrected chi connectivity index (χ2v) is 2.76. The largest absolute Gasteiger partial charge is 0.481 e. The number of nitrogens with zero attached hydrogens (tertiary/aromatic N) is 2. The van der Waals surface area contributed by atoms with E-state index in [1.807, 2.05) is 6.92 Å². The number of rotatable bonds is 4. The molecule has 1 heterocycles. The number of methoxy groups -OCH3 is 2. The molecule has 2 N–H and O–H groups in total. The molecular formula is C9H14N4O3. The number of ether oxygens (including phenoxy) is 2. The molecule has 2 amide bonds. The highest BCUT2D eigenvalue weighted by atomic mass is 16.5. The van der Waals surface area contributed by atoms with Gasteiger partial charge in [0, 0.05) is 6.54 Å². The molecule has 0 aliphatic carbocycles. The Bertz CT molecular complexity index is 348. The average molecular weight is 226 g/mol. The summed E-state index contributed by atoms with van der Waals surface area (Å²) in [7, 11) is 2.94. The molecule has 0 unspecified atom stereocenters. The lowest BCUT2D eigenvalue weighted by molar-refractivity contribution is 0.252. The molecule has 1 aromatic rings. The average Bonchev–Trinajstić information content (AvgIpc) is 2.28. The Labute approximate surface area is 93.2 Å². The first-order valence-electron chi connectivity index (χ1n) is 4.71. The number of amides is 2. The molecule has 0 fully saturated rings. The van der Waals surface area contributed by atoms with Gasteiger partial charge < -0.3 is 14.8 Å². The number of nitrogens with one attached hydrogen (secondary N) is 2. The van der Waals surface area contributed by atoms with Crippen LogP contribution in [-0.2, 0) is 0 Å². The van der Waals surface area contributed by atoms with E-state index in [2.05, 4.69) is 20.6 Å². The van der Waals surface area contributed by atoms with Crippen LogP contribution >= 0.6 is 0 Å². The van der Waals surface area contributed by atoms with Gasteiger partial charge in [0.25, 0.3) is 0 Å². The number of hydrogen-bond donors (Lipinski definition) is 2. The molecule has 0 aromatic carbocycles. The molecule has 0 saturated carbocycles. The summed E-state index contributed by atoms with van der Waals surface area (Å²) in [4.78, 5) is 19.1. The second-order valence-electron chi connectivity index (χ2n) is 2.76. The first-order valence-corrected chi connectivity index (χ1v) is 4.71. The number of carbonyl (C=O) groups is 1. The summed E-state index contributed by atoms with van der Waals surface area (Å²) in [5, 5.41) is 5.02. The Hall–Kier alpha value is -2.05. The van der Waals surface area contributed by atoms with Crippen molar-refractivity contribution in [1.82, 2.24) is 15.3 Å². The van der Waals surface area contributed by atoms with Gasteiger partial charge in [-0.1, -0.05) is 0 Å². The Morgan fingerprint density at radius 3 is 2.31 bits per heavy atom. The molecule has 0 atom stereocenters. The summed E-state index contributed by atoms with van der Waals surface area (Å²) in [6, 6.07) is 1.14. The van der Waals surface area contributed by atoms with Crippen LogP contribution in [0.1, 0.15) is 6.92 Å². The maximum Gasteiger partial charge on any atom is 0.321 e. The van der Waals surface area contributed by atoms with Crippen molar-refractivity contribution in [3.8, 4) is 11.8 Å². The number of urea groups is 1. The van der Waals surface area contributed by atoms with Gasteiger partial charge >= 0.3 is 6.03 Å². The third-order valence-electron chi connectivity index (χ3n) is 1.66. The van der Waals surface area contributed by atoms with E-state index in [1.165, 1.54) is 20.3 Å². The smallest absolute Gasteiger partial charge is 0.321 e. The zero-order valence-corrected chi connectivity index (χ0v) is 9.40. The van der Waals surface area contributed by atoms with Crippen LogP contribution in [0.15, 0.2) is 6.07 Å². The summed E-state index contributed by atoms with van der Waals surface area (Å²) in [6.45, 7) is 2.33. The normalized spacial score (nSPS) is 9.44. The lowest BCUT2D eigenvalue weighted by Crippen LogP contribution is -2.29. The Kier molecular flexibility index (Phi) is 4.31. The van der Waals surface area contributed by atoms with Gasteiger partial charge in [0.15, 0.2) is 0 Å². The molecule has 7 nitrogen and oxygen atoms in total. The molecule has 16 heavy (non-hydrogen) atoms. The van der Waals surface area contributed by atoms with E-state index in [1.54, 1.807) is 0 Å². The number of hydrogen-bond acceptors (Lipinski definition) is 5. The van der Waals surface area contributed by atoms with Crippen molar-refractivity contribution < 1.29 is 14.3 Å². The highest BCUT2D eigenvalue weighted by Gasteiger charge is 2.07. The van der Waals surface area contributed by atoms with Crippen molar-refractivity contribution in [2.24, 2.45) is 0 Å². The van der Waals surface area contributed by atoms with Crippen LogP contribution in [-0.4, -0.2) is 36.8 Å². The van der Waals surface area contributed by atoms with Gasteiger partial charge in [-0.2, -0.15) is 9.97 Å². The summed E-state index contributed by atoms with van der Waals surface area (Å²) in [6.07, 6.45) is 0. The topological polar surface area (TPSA) is 85.4 Å². The lowest BCUT2D eigenvalue weighted by atomic mass is 10.6. The van der Waals surface area contributed by atoms with Crippen LogP contribution in [0.5, 0.6) is 11.8 Å². The fraction of sp³-hybridized carbons (Fsp3) is 0.444. The molecule has 0 saturated heterocycles. The second kappa shape index (κ2) is 5.74. The SMILES string of the molecule is CCNC(=O)Nc1nc(OC)cc(OC)n1. The van der Waals surface area contributed by atoms with Gasteiger partial charge in [0.05, 0.1) is 20.3 Å². The maximum atomic E-state index is 11.2.